The van der Waals surface area contributed by atoms with E-state index in [4.69, 9.17) is 9.47 Å². The summed E-state index contributed by atoms with van der Waals surface area (Å²) in [4.78, 5) is 46.5. The Morgan fingerprint density at radius 1 is 0.727 bits per heavy atom. The summed E-state index contributed by atoms with van der Waals surface area (Å²) < 4.78 is 19.4. The molecule has 0 fully saturated rings. The molecule has 8 heteroatoms. The number of benzene rings is 2. The Bertz CT molecular complexity index is 1080. The second-order valence-corrected chi connectivity index (χ2v) is 6.49. The van der Waals surface area contributed by atoms with Gasteiger partial charge in [0.25, 0.3) is 0 Å². The molecule has 0 aliphatic carbocycles. The SMILES string of the molecule is C=C(CC(=O)Oc1ccc(/C=C/C(=O)OC)cc1)C(=O)Oc1ccc(/C=C/C(=O)OC)cc1. The highest BCUT2D eigenvalue weighted by atomic mass is 16.5. The smallest absolute Gasteiger partial charge is 0.339 e. The van der Waals surface area contributed by atoms with Gasteiger partial charge in [-0.1, -0.05) is 30.8 Å². The Hall–Kier alpha value is -4.46. The van der Waals surface area contributed by atoms with E-state index in [1.807, 2.05) is 0 Å². The van der Waals surface area contributed by atoms with E-state index < -0.39 is 23.9 Å². The second kappa shape index (κ2) is 12.4. The van der Waals surface area contributed by atoms with Crippen molar-refractivity contribution < 1.29 is 38.1 Å². The van der Waals surface area contributed by atoms with Gasteiger partial charge in [-0.3, -0.25) is 4.79 Å². The zero-order chi connectivity index (χ0) is 24.2. The van der Waals surface area contributed by atoms with Crippen LogP contribution in [0, 0.1) is 0 Å². The lowest BCUT2D eigenvalue weighted by Gasteiger charge is -2.08. The molecule has 0 bridgehead atoms. The van der Waals surface area contributed by atoms with Crippen LogP contribution in [0.5, 0.6) is 11.5 Å². The number of esters is 4. The van der Waals surface area contributed by atoms with Crippen LogP contribution in [0.4, 0.5) is 0 Å². The van der Waals surface area contributed by atoms with Crippen molar-refractivity contribution in [3.8, 4) is 11.5 Å². The van der Waals surface area contributed by atoms with Gasteiger partial charge in [0.1, 0.15) is 11.5 Å². The summed E-state index contributed by atoms with van der Waals surface area (Å²) in [7, 11) is 2.56. The molecule has 2 aromatic carbocycles. The number of methoxy groups -OCH3 is 2. The van der Waals surface area contributed by atoms with E-state index in [2.05, 4.69) is 16.1 Å². The normalized spacial score (nSPS) is 10.6. The molecule has 0 amide bonds. The van der Waals surface area contributed by atoms with E-state index >= 15 is 0 Å². The van der Waals surface area contributed by atoms with Gasteiger partial charge in [-0.05, 0) is 47.5 Å². The van der Waals surface area contributed by atoms with Crippen molar-refractivity contribution >= 4 is 36.0 Å². The van der Waals surface area contributed by atoms with Gasteiger partial charge in [0.05, 0.1) is 20.6 Å². The van der Waals surface area contributed by atoms with Crippen LogP contribution in [0.2, 0.25) is 0 Å². The maximum absolute atomic E-state index is 12.2. The Morgan fingerprint density at radius 2 is 1.15 bits per heavy atom. The largest absolute Gasteiger partial charge is 0.466 e. The van der Waals surface area contributed by atoms with Gasteiger partial charge in [0.2, 0.25) is 0 Å². The minimum atomic E-state index is -0.770. The van der Waals surface area contributed by atoms with Gasteiger partial charge in [0.15, 0.2) is 0 Å². The van der Waals surface area contributed by atoms with Gasteiger partial charge >= 0.3 is 23.9 Å². The Morgan fingerprint density at radius 3 is 1.58 bits per heavy atom. The molecule has 0 unspecified atom stereocenters. The molecule has 33 heavy (non-hydrogen) atoms. The average molecular weight is 450 g/mol. The first-order valence-electron chi connectivity index (χ1n) is 9.63. The fourth-order valence-electron chi connectivity index (χ4n) is 2.35. The van der Waals surface area contributed by atoms with Gasteiger partial charge in [0, 0.05) is 17.7 Å². The van der Waals surface area contributed by atoms with Crippen molar-refractivity contribution in [2.75, 3.05) is 14.2 Å². The first-order chi connectivity index (χ1) is 15.8. The number of carbonyl (C=O) groups is 4. The molecule has 0 aromatic heterocycles. The summed E-state index contributed by atoms with van der Waals surface area (Å²) in [5.41, 5.74) is 1.33. The zero-order valence-electron chi connectivity index (χ0n) is 18.1. The molecule has 0 saturated heterocycles. The molecule has 0 aliphatic heterocycles. The Labute approximate surface area is 190 Å². The van der Waals surface area contributed by atoms with Gasteiger partial charge in [-0.25, -0.2) is 14.4 Å². The van der Waals surface area contributed by atoms with E-state index in [0.717, 1.165) is 0 Å². The molecule has 0 saturated carbocycles. The third kappa shape index (κ3) is 8.66. The lowest BCUT2D eigenvalue weighted by Crippen LogP contribution is -2.16. The molecule has 0 atom stereocenters. The number of hydrogen-bond donors (Lipinski definition) is 0. The summed E-state index contributed by atoms with van der Waals surface area (Å²) >= 11 is 0. The fourth-order valence-corrected chi connectivity index (χ4v) is 2.35. The second-order valence-electron chi connectivity index (χ2n) is 6.49. The number of rotatable bonds is 9. The summed E-state index contributed by atoms with van der Waals surface area (Å²) in [5.74, 6) is -1.90. The lowest BCUT2D eigenvalue weighted by atomic mass is 10.2. The van der Waals surface area contributed by atoms with Crippen LogP contribution in [-0.2, 0) is 28.7 Å². The van der Waals surface area contributed by atoms with Crippen molar-refractivity contribution in [3.05, 3.63) is 84.0 Å². The highest BCUT2D eigenvalue weighted by Gasteiger charge is 2.16. The molecular weight excluding hydrogens is 428 g/mol. The number of hydrogen-bond acceptors (Lipinski definition) is 8. The minimum absolute atomic E-state index is 0.0766. The third-order valence-electron chi connectivity index (χ3n) is 4.07. The molecule has 8 nitrogen and oxygen atoms in total. The summed E-state index contributed by atoms with van der Waals surface area (Å²) in [6.45, 7) is 3.58. The third-order valence-corrected chi connectivity index (χ3v) is 4.07. The standard InChI is InChI=1S/C25H22O8/c1-17(25(29)33-21-12-6-19(7-13-21)9-15-23(27)31-3)16-24(28)32-20-10-4-18(5-11-20)8-14-22(26)30-2/h4-15H,1,16H2,2-3H3/b14-8+,15-9+. The van der Waals surface area contributed by atoms with E-state index in [9.17, 15) is 19.2 Å². The van der Waals surface area contributed by atoms with Crippen molar-refractivity contribution in [2.24, 2.45) is 0 Å². The van der Waals surface area contributed by atoms with Crippen LogP contribution >= 0.6 is 0 Å². The van der Waals surface area contributed by atoms with Gasteiger partial charge < -0.3 is 18.9 Å². The summed E-state index contributed by atoms with van der Waals surface area (Å²) in [5, 5.41) is 0. The lowest BCUT2D eigenvalue weighted by molar-refractivity contribution is -0.136. The van der Waals surface area contributed by atoms with Gasteiger partial charge in [-0.15, -0.1) is 0 Å². The molecule has 0 aliphatic rings. The van der Waals surface area contributed by atoms with E-state index in [0.29, 0.717) is 11.1 Å². The Kier molecular flexibility index (Phi) is 9.33. The first kappa shape index (κ1) is 24.8. The monoisotopic (exact) mass is 450 g/mol. The minimum Gasteiger partial charge on any atom is -0.466 e. The fraction of sp³-hybridized carbons (Fsp3) is 0.120. The predicted octanol–water partition coefficient (Wildman–Crippen LogP) is 3.52. The number of ether oxygens (including phenoxy) is 4. The highest BCUT2D eigenvalue weighted by molar-refractivity contribution is 5.95. The van der Waals surface area contributed by atoms with Crippen LogP contribution in [0.15, 0.2) is 72.8 Å². The van der Waals surface area contributed by atoms with Crippen LogP contribution in [0.3, 0.4) is 0 Å². The van der Waals surface area contributed by atoms with Crippen molar-refractivity contribution in [3.63, 3.8) is 0 Å². The highest BCUT2D eigenvalue weighted by Crippen LogP contribution is 2.17. The number of carbonyl (C=O) groups excluding carboxylic acids is 4. The topological polar surface area (TPSA) is 105 Å². The van der Waals surface area contributed by atoms with E-state index in [-0.39, 0.29) is 23.5 Å². The van der Waals surface area contributed by atoms with Crippen molar-refractivity contribution in [1.82, 2.24) is 0 Å². The molecule has 170 valence electrons. The maximum atomic E-state index is 12.2. The summed E-state index contributed by atoms with van der Waals surface area (Å²) in [6, 6.07) is 12.8. The zero-order valence-corrected chi connectivity index (χ0v) is 18.1. The maximum Gasteiger partial charge on any atom is 0.339 e. The molecule has 0 radical (unpaired) electrons. The van der Waals surface area contributed by atoms with Crippen molar-refractivity contribution in [1.29, 1.82) is 0 Å². The predicted molar refractivity (Wildman–Crippen MR) is 120 cm³/mol. The van der Waals surface area contributed by atoms with E-state index in [1.165, 1.54) is 38.5 Å². The average Bonchev–Trinajstić information content (AvgIpc) is 2.82. The quantitative estimate of drug-likeness (QED) is 0.325. The van der Waals surface area contributed by atoms with E-state index in [1.54, 1.807) is 48.6 Å². The molecule has 2 rings (SSSR count). The summed E-state index contributed by atoms with van der Waals surface area (Å²) in [6.07, 6.45) is 5.28. The van der Waals surface area contributed by atoms with Crippen LogP contribution in [0.1, 0.15) is 17.5 Å². The molecule has 0 spiro atoms. The van der Waals surface area contributed by atoms with Gasteiger partial charge in [-0.2, -0.15) is 0 Å². The van der Waals surface area contributed by atoms with Crippen LogP contribution in [0.25, 0.3) is 12.2 Å². The Balaban J connectivity index is 1.85. The van der Waals surface area contributed by atoms with Crippen molar-refractivity contribution in [2.45, 2.75) is 6.42 Å². The molecule has 0 heterocycles. The molecular formula is C25H22O8. The van der Waals surface area contributed by atoms with Crippen LogP contribution in [-0.4, -0.2) is 38.1 Å². The van der Waals surface area contributed by atoms with Crippen LogP contribution < -0.4 is 9.47 Å². The first-order valence-corrected chi connectivity index (χ1v) is 9.63. The molecule has 2 aromatic rings. The molecule has 0 N–H and O–H groups in total.